The number of rotatable bonds is 13. The van der Waals surface area contributed by atoms with Crippen LogP contribution >= 0.6 is 7.92 Å². The molecule has 4 aromatic rings. The molecule has 0 heterocycles. The molecule has 0 aromatic heterocycles. The third-order valence-corrected chi connectivity index (χ3v) is 16.5. The van der Waals surface area contributed by atoms with Gasteiger partial charge in [-0.3, -0.25) is 4.79 Å². The van der Waals surface area contributed by atoms with E-state index in [-0.39, 0.29) is 16.9 Å². The Hall–Kier alpha value is -3.77. The maximum atomic E-state index is 14.3. The van der Waals surface area contributed by atoms with Gasteiger partial charge in [0.2, 0.25) is 5.91 Å². The number of carbonyl (C=O) groups is 2. The largest absolute Gasteiger partial charge is 0.444 e. The zero-order valence-corrected chi connectivity index (χ0v) is 33.0. The summed E-state index contributed by atoms with van der Waals surface area (Å²) in [7, 11) is -3.86. The van der Waals surface area contributed by atoms with Gasteiger partial charge < -0.3 is 19.8 Å². The summed E-state index contributed by atoms with van der Waals surface area (Å²) in [6.07, 6.45) is -0.363. The van der Waals surface area contributed by atoms with Gasteiger partial charge in [-0.1, -0.05) is 156 Å². The van der Waals surface area contributed by atoms with Crippen molar-refractivity contribution in [1.29, 1.82) is 0 Å². The summed E-state index contributed by atoms with van der Waals surface area (Å²) in [5, 5.41) is 10.8. The molecule has 0 fully saturated rings. The topological polar surface area (TPSA) is 76.7 Å². The molecule has 0 aliphatic rings. The van der Waals surface area contributed by atoms with Crippen LogP contribution in [-0.2, 0) is 14.0 Å². The van der Waals surface area contributed by atoms with Crippen molar-refractivity contribution < 1.29 is 18.8 Å². The lowest BCUT2D eigenvalue weighted by molar-refractivity contribution is -0.125. The fourth-order valence-corrected chi connectivity index (χ4v) is 13.7. The fourth-order valence-electron chi connectivity index (χ4n) is 6.38. The number of ether oxygens (including phenoxy) is 1. The highest BCUT2D eigenvalue weighted by Gasteiger charge is 2.52. The Morgan fingerprint density at radius 2 is 1.08 bits per heavy atom. The Kier molecular flexibility index (Phi) is 13.2. The van der Waals surface area contributed by atoms with Gasteiger partial charge in [0, 0.05) is 0 Å². The number of carbonyl (C=O) groups excluding carboxylic acids is 2. The standard InChI is InChI=1S/C42H55N2O4PSi/c1-31(2)38(44-40(46)47-41(4,5)6)39(45)43-37(30-49(33-22-14-10-15-23-33)34-24-16-11-17-25-34)32(3)48-50(42(7,8)9,35-26-18-12-19-27-35)36-28-20-13-21-29-36/h10-29,31-32,37-38H,30H2,1-9H3,(H,43,45)(H,44,46)/t32-,37-,38+/m0/s1. The molecule has 4 rings (SSSR count). The van der Waals surface area contributed by atoms with Crippen LogP contribution in [0.3, 0.4) is 0 Å². The minimum Gasteiger partial charge on any atom is -0.444 e. The molecule has 2 amide bonds. The molecule has 0 aliphatic heterocycles. The van der Waals surface area contributed by atoms with Crippen molar-refractivity contribution >= 4 is 49.2 Å². The molecule has 50 heavy (non-hydrogen) atoms. The number of alkyl carbamates (subject to hydrolysis) is 1. The lowest BCUT2D eigenvalue weighted by Gasteiger charge is -2.46. The zero-order chi connectivity index (χ0) is 36.5. The Labute approximate surface area is 302 Å². The highest BCUT2D eigenvalue weighted by atomic mass is 31.1. The molecule has 6 nitrogen and oxygen atoms in total. The van der Waals surface area contributed by atoms with Crippen LogP contribution in [0.25, 0.3) is 0 Å². The van der Waals surface area contributed by atoms with E-state index in [0.29, 0.717) is 6.16 Å². The lowest BCUT2D eigenvalue weighted by atomic mass is 10.0. The van der Waals surface area contributed by atoms with Crippen molar-refractivity contribution in [2.75, 3.05) is 6.16 Å². The molecule has 0 radical (unpaired) electrons. The van der Waals surface area contributed by atoms with Crippen LogP contribution in [0, 0.1) is 5.92 Å². The Morgan fingerprint density at radius 3 is 1.46 bits per heavy atom. The minimum absolute atomic E-state index is 0.180. The van der Waals surface area contributed by atoms with E-state index in [2.05, 4.69) is 135 Å². The number of benzene rings is 4. The van der Waals surface area contributed by atoms with E-state index in [1.165, 1.54) is 21.0 Å². The van der Waals surface area contributed by atoms with Gasteiger partial charge in [0.25, 0.3) is 8.32 Å². The highest BCUT2D eigenvalue weighted by Crippen LogP contribution is 2.40. The van der Waals surface area contributed by atoms with Crippen LogP contribution in [-0.4, -0.2) is 50.3 Å². The molecule has 4 aromatic carbocycles. The second-order valence-corrected chi connectivity index (χ2v) is 21.8. The average molecular weight is 711 g/mol. The molecule has 0 bridgehead atoms. The molecule has 8 heteroatoms. The molecule has 0 aliphatic carbocycles. The first-order valence-corrected chi connectivity index (χ1v) is 21.0. The van der Waals surface area contributed by atoms with Gasteiger partial charge in [-0.15, -0.1) is 0 Å². The second kappa shape index (κ2) is 17.0. The summed E-state index contributed by atoms with van der Waals surface area (Å²) in [6.45, 7) is 18.2. The summed E-state index contributed by atoms with van der Waals surface area (Å²) in [4.78, 5) is 27.3. The fraction of sp³-hybridized carbons (Fsp3) is 0.381. The van der Waals surface area contributed by atoms with Crippen LogP contribution in [0.4, 0.5) is 4.79 Å². The van der Waals surface area contributed by atoms with Crippen LogP contribution in [0.15, 0.2) is 121 Å². The van der Waals surface area contributed by atoms with E-state index in [0.717, 1.165) is 0 Å². The molecule has 0 saturated heterocycles. The molecule has 0 saturated carbocycles. The number of nitrogens with one attached hydrogen (secondary N) is 2. The van der Waals surface area contributed by atoms with Gasteiger partial charge in [-0.05, 0) is 73.7 Å². The molecule has 2 N–H and O–H groups in total. The predicted molar refractivity (Wildman–Crippen MR) is 212 cm³/mol. The SMILES string of the molecule is CC(C)[C@@H](NC(=O)OC(C)(C)C)C(=O)N[C@@H](CP(c1ccccc1)c1ccccc1)[C@H](C)O[Si](c1ccccc1)(c1ccccc1)C(C)(C)C. The van der Waals surface area contributed by atoms with Gasteiger partial charge in [0.15, 0.2) is 0 Å². The summed E-state index contributed by atoms with van der Waals surface area (Å²) < 4.78 is 13.2. The Bertz CT molecular complexity index is 1560. The first-order valence-electron chi connectivity index (χ1n) is 17.6. The number of amides is 2. The van der Waals surface area contributed by atoms with E-state index < -0.39 is 46.1 Å². The third-order valence-electron chi connectivity index (χ3n) is 8.81. The van der Waals surface area contributed by atoms with Gasteiger partial charge in [-0.2, -0.15) is 0 Å². The smallest absolute Gasteiger partial charge is 0.408 e. The summed E-state index contributed by atoms with van der Waals surface area (Å²) in [6, 6.07) is 41.0. The zero-order valence-electron chi connectivity index (χ0n) is 31.1. The first kappa shape index (κ1) is 39.0. The van der Waals surface area contributed by atoms with Crippen molar-refractivity contribution in [2.24, 2.45) is 5.92 Å². The molecule has 266 valence electrons. The van der Waals surface area contributed by atoms with Crippen molar-refractivity contribution in [3.8, 4) is 0 Å². The van der Waals surface area contributed by atoms with Crippen LogP contribution in [0.2, 0.25) is 5.04 Å². The summed E-state index contributed by atoms with van der Waals surface area (Å²) in [5.74, 6) is -0.439. The molecule has 0 unspecified atom stereocenters. The van der Waals surface area contributed by atoms with E-state index in [1.54, 1.807) is 0 Å². The van der Waals surface area contributed by atoms with Gasteiger partial charge in [0.05, 0.1) is 12.1 Å². The lowest BCUT2D eigenvalue weighted by Crippen LogP contribution is -2.69. The maximum Gasteiger partial charge on any atom is 0.408 e. The predicted octanol–water partition coefficient (Wildman–Crippen LogP) is 7.12. The summed E-state index contributed by atoms with van der Waals surface area (Å²) in [5.41, 5.74) is -0.691. The molecule has 3 atom stereocenters. The quantitative estimate of drug-likeness (QED) is 0.115. The number of hydrogen-bond donors (Lipinski definition) is 2. The van der Waals surface area contributed by atoms with Crippen molar-refractivity contribution in [2.45, 2.75) is 91.1 Å². The third kappa shape index (κ3) is 9.93. The van der Waals surface area contributed by atoms with E-state index in [1.807, 2.05) is 58.9 Å². The van der Waals surface area contributed by atoms with Crippen molar-refractivity contribution in [3.05, 3.63) is 121 Å². The van der Waals surface area contributed by atoms with E-state index in [4.69, 9.17) is 9.16 Å². The van der Waals surface area contributed by atoms with E-state index in [9.17, 15) is 9.59 Å². The van der Waals surface area contributed by atoms with Crippen LogP contribution in [0.5, 0.6) is 0 Å². The van der Waals surface area contributed by atoms with Gasteiger partial charge in [0.1, 0.15) is 11.6 Å². The summed E-state index contributed by atoms with van der Waals surface area (Å²) >= 11 is 0. The van der Waals surface area contributed by atoms with Crippen molar-refractivity contribution in [3.63, 3.8) is 0 Å². The molecular weight excluding hydrogens is 656 g/mol. The molecule has 0 spiro atoms. The van der Waals surface area contributed by atoms with Crippen molar-refractivity contribution in [1.82, 2.24) is 10.6 Å². The molecular formula is C42H55N2O4PSi. The number of hydrogen-bond acceptors (Lipinski definition) is 4. The maximum absolute atomic E-state index is 14.3. The first-order chi connectivity index (χ1) is 23.6. The Balaban J connectivity index is 1.82. The van der Waals surface area contributed by atoms with Crippen LogP contribution < -0.4 is 31.6 Å². The Morgan fingerprint density at radius 1 is 0.660 bits per heavy atom. The van der Waals surface area contributed by atoms with Crippen LogP contribution in [0.1, 0.15) is 62.3 Å². The van der Waals surface area contributed by atoms with Gasteiger partial charge in [-0.25, -0.2) is 4.79 Å². The average Bonchev–Trinajstić information content (AvgIpc) is 3.07. The monoisotopic (exact) mass is 710 g/mol. The van der Waals surface area contributed by atoms with Gasteiger partial charge >= 0.3 is 6.09 Å². The van der Waals surface area contributed by atoms with E-state index >= 15 is 0 Å². The normalized spacial score (nSPS) is 14.1. The highest BCUT2D eigenvalue weighted by molar-refractivity contribution is 7.73. The minimum atomic E-state index is -2.97. The second-order valence-electron chi connectivity index (χ2n) is 15.3.